The van der Waals surface area contributed by atoms with Gasteiger partial charge in [0.05, 0.1) is 12.6 Å². The highest BCUT2D eigenvalue weighted by molar-refractivity contribution is 7.71. The lowest BCUT2D eigenvalue weighted by Gasteiger charge is -2.22. The molecule has 2 heterocycles. The van der Waals surface area contributed by atoms with Crippen molar-refractivity contribution in [1.29, 1.82) is 0 Å². The van der Waals surface area contributed by atoms with Gasteiger partial charge in [0.1, 0.15) is 6.33 Å². The summed E-state index contributed by atoms with van der Waals surface area (Å²) in [5, 5.41) is 6.61. The van der Waals surface area contributed by atoms with Crippen molar-refractivity contribution < 1.29 is 4.74 Å². The summed E-state index contributed by atoms with van der Waals surface area (Å²) >= 11 is 5.06. The monoisotopic (exact) mass is 185 g/mol. The SMILES string of the molecule is S=c1[nH]ncn1C1CCCOC1. The number of aromatic nitrogens is 3. The third-order valence-corrected chi connectivity index (χ3v) is 2.41. The molecule has 1 atom stereocenters. The summed E-state index contributed by atoms with van der Waals surface area (Å²) in [6.07, 6.45) is 3.98. The van der Waals surface area contributed by atoms with E-state index in [1.807, 2.05) is 4.57 Å². The molecule has 4 nitrogen and oxygen atoms in total. The van der Waals surface area contributed by atoms with Gasteiger partial charge in [-0.05, 0) is 25.1 Å². The summed E-state index contributed by atoms with van der Waals surface area (Å²) in [5.74, 6) is 0. The summed E-state index contributed by atoms with van der Waals surface area (Å²) in [7, 11) is 0. The molecule has 0 bridgehead atoms. The Balaban J connectivity index is 2.18. The van der Waals surface area contributed by atoms with Crippen LogP contribution in [0.25, 0.3) is 0 Å². The average Bonchev–Trinajstić information content (AvgIpc) is 2.53. The Labute approximate surface area is 75.5 Å². The van der Waals surface area contributed by atoms with Gasteiger partial charge < -0.3 is 9.30 Å². The van der Waals surface area contributed by atoms with E-state index in [4.69, 9.17) is 17.0 Å². The topological polar surface area (TPSA) is 42.8 Å². The van der Waals surface area contributed by atoms with Gasteiger partial charge in [-0.2, -0.15) is 5.10 Å². The number of rotatable bonds is 1. The molecule has 0 aromatic carbocycles. The van der Waals surface area contributed by atoms with Crippen LogP contribution in [-0.4, -0.2) is 28.0 Å². The third kappa shape index (κ3) is 1.42. The zero-order valence-electron chi connectivity index (χ0n) is 6.69. The minimum absolute atomic E-state index is 0.380. The van der Waals surface area contributed by atoms with E-state index in [9.17, 15) is 0 Å². The summed E-state index contributed by atoms with van der Waals surface area (Å²) in [6.45, 7) is 1.63. The van der Waals surface area contributed by atoms with Crippen molar-refractivity contribution in [1.82, 2.24) is 14.8 Å². The fraction of sp³-hybridized carbons (Fsp3) is 0.714. The van der Waals surface area contributed by atoms with Gasteiger partial charge in [-0.3, -0.25) is 5.10 Å². The fourth-order valence-corrected chi connectivity index (χ4v) is 1.71. The molecule has 0 amide bonds. The van der Waals surface area contributed by atoms with Gasteiger partial charge in [0.25, 0.3) is 0 Å². The van der Waals surface area contributed by atoms with Crippen LogP contribution < -0.4 is 0 Å². The van der Waals surface area contributed by atoms with E-state index in [0.29, 0.717) is 10.8 Å². The lowest BCUT2D eigenvalue weighted by molar-refractivity contribution is 0.0586. The maximum absolute atomic E-state index is 5.35. The molecule has 12 heavy (non-hydrogen) atoms. The molecule has 0 spiro atoms. The predicted molar refractivity (Wildman–Crippen MR) is 46.5 cm³/mol. The van der Waals surface area contributed by atoms with Crippen LogP contribution in [0.5, 0.6) is 0 Å². The normalized spacial score (nSPS) is 24.2. The van der Waals surface area contributed by atoms with Crippen molar-refractivity contribution in [2.45, 2.75) is 18.9 Å². The van der Waals surface area contributed by atoms with Crippen molar-refractivity contribution in [2.24, 2.45) is 0 Å². The first-order valence-electron chi connectivity index (χ1n) is 4.07. The Kier molecular flexibility index (Phi) is 2.23. The van der Waals surface area contributed by atoms with Gasteiger partial charge in [-0.25, -0.2) is 0 Å². The van der Waals surface area contributed by atoms with Crippen LogP contribution in [0, 0.1) is 4.77 Å². The van der Waals surface area contributed by atoms with Crippen LogP contribution in [0.3, 0.4) is 0 Å². The first-order chi connectivity index (χ1) is 5.88. The number of hydrogen-bond acceptors (Lipinski definition) is 3. The lowest BCUT2D eigenvalue weighted by atomic mass is 10.1. The minimum atomic E-state index is 0.380. The summed E-state index contributed by atoms with van der Waals surface area (Å²) in [5.41, 5.74) is 0. The smallest absolute Gasteiger partial charge is 0.195 e. The highest BCUT2D eigenvalue weighted by atomic mass is 32.1. The molecule has 66 valence electrons. The first-order valence-corrected chi connectivity index (χ1v) is 4.48. The molecule has 1 saturated heterocycles. The predicted octanol–water partition coefficient (Wildman–Crippen LogP) is 1.29. The molecular formula is C7H11N3OS. The zero-order chi connectivity index (χ0) is 8.39. The van der Waals surface area contributed by atoms with Crippen molar-refractivity contribution in [3.05, 3.63) is 11.1 Å². The summed E-state index contributed by atoms with van der Waals surface area (Å²) in [6, 6.07) is 0.380. The largest absolute Gasteiger partial charge is 0.379 e. The number of aromatic amines is 1. The van der Waals surface area contributed by atoms with Gasteiger partial charge in [0.15, 0.2) is 4.77 Å². The Morgan fingerprint density at radius 2 is 2.67 bits per heavy atom. The Morgan fingerprint density at radius 1 is 1.75 bits per heavy atom. The summed E-state index contributed by atoms with van der Waals surface area (Å²) in [4.78, 5) is 0. The van der Waals surface area contributed by atoms with Crippen LogP contribution >= 0.6 is 12.2 Å². The Bertz CT molecular complexity index is 300. The number of ether oxygens (including phenoxy) is 1. The van der Waals surface area contributed by atoms with E-state index >= 15 is 0 Å². The maximum Gasteiger partial charge on any atom is 0.195 e. The number of nitrogens with one attached hydrogen (secondary N) is 1. The first kappa shape index (κ1) is 7.94. The second-order valence-corrected chi connectivity index (χ2v) is 3.33. The highest BCUT2D eigenvalue weighted by Crippen LogP contribution is 2.18. The molecule has 1 unspecified atom stereocenters. The van der Waals surface area contributed by atoms with Gasteiger partial charge in [0, 0.05) is 6.61 Å². The average molecular weight is 185 g/mol. The highest BCUT2D eigenvalue weighted by Gasteiger charge is 2.15. The fourth-order valence-electron chi connectivity index (χ4n) is 1.46. The Morgan fingerprint density at radius 3 is 3.25 bits per heavy atom. The number of hydrogen-bond donors (Lipinski definition) is 1. The zero-order valence-corrected chi connectivity index (χ0v) is 7.51. The van der Waals surface area contributed by atoms with E-state index in [2.05, 4.69) is 10.2 Å². The second kappa shape index (κ2) is 3.37. The van der Waals surface area contributed by atoms with E-state index in [1.54, 1.807) is 6.33 Å². The Hall–Kier alpha value is -0.680. The van der Waals surface area contributed by atoms with Gasteiger partial charge >= 0.3 is 0 Å². The molecule has 1 aromatic rings. The van der Waals surface area contributed by atoms with Crippen LogP contribution in [0.1, 0.15) is 18.9 Å². The molecule has 1 aromatic heterocycles. The van der Waals surface area contributed by atoms with Crippen LogP contribution in [-0.2, 0) is 4.74 Å². The third-order valence-electron chi connectivity index (χ3n) is 2.11. The van der Waals surface area contributed by atoms with E-state index in [-0.39, 0.29) is 0 Å². The molecule has 0 aliphatic carbocycles. The van der Waals surface area contributed by atoms with Gasteiger partial charge in [0.2, 0.25) is 0 Å². The van der Waals surface area contributed by atoms with Crippen LogP contribution in [0.15, 0.2) is 6.33 Å². The van der Waals surface area contributed by atoms with Gasteiger partial charge in [-0.15, -0.1) is 0 Å². The molecule has 1 aliphatic rings. The van der Waals surface area contributed by atoms with Crippen LogP contribution in [0.2, 0.25) is 0 Å². The maximum atomic E-state index is 5.35. The van der Waals surface area contributed by atoms with E-state index in [0.717, 1.165) is 26.1 Å². The molecule has 1 N–H and O–H groups in total. The molecule has 1 fully saturated rings. The molecule has 0 saturated carbocycles. The minimum Gasteiger partial charge on any atom is -0.379 e. The van der Waals surface area contributed by atoms with Gasteiger partial charge in [-0.1, -0.05) is 0 Å². The standard InChI is InChI=1S/C7H11N3OS/c12-7-9-8-5-10(7)6-2-1-3-11-4-6/h5-6H,1-4H2,(H,9,12). The lowest BCUT2D eigenvalue weighted by Crippen LogP contribution is -2.20. The molecule has 5 heteroatoms. The molecule has 2 rings (SSSR count). The second-order valence-electron chi connectivity index (χ2n) is 2.94. The van der Waals surface area contributed by atoms with E-state index < -0.39 is 0 Å². The van der Waals surface area contributed by atoms with Crippen molar-refractivity contribution in [2.75, 3.05) is 13.2 Å². The van der Waals surface area contributed by atoms with Crippen molar-refractivity contribution >= 4 is 12.2 Å². The number of H-pyrrole nitrogens is 1. The number of nitrogens with zero attached hydrogens (tertiary/aromatic N) is 2. The van der Waals surface area contributed by atoms with Crippen molar-refractivity contribution in [3.8, 4) is 0 Å². The molecule has 0 radical (unpaired) electrons. The van der Waals surface area contributed by atoms with Crippen LogP contribution in [0.4, 0.5) is 0 Å². The van der Waals surface area contributed by atoms with E-state index in [1.165, 1.54) is 0 Å². The van der Waals surface area contributed by atoms with Crippen molar-refractivity contribution in [3.63, 3.8) is 0 Å². The quantitative estimate of drug-likeness (QED) is 0.670. The molecule has 1 aliphatic heterocycles. The summed E-state index contributed by atoms with van der Waals surface area (Å²) < 4.78 is 8.00. The molecular weight excluding hydrogens is 174 g/mol.